The summed E-state index contributed by atoms with van der Waals surface area (Å²) in [6.45, 7) is 6.47. The Kier molecular flexibility index (Phi) is 2.35. The minimum absolute atomic E-state index is 0.0394. The van der Waals surface area contributed by atoms with E-state index in [4.69, 9.17) is 14.2 Å². The number of rotatable bonds is 1. The fourth-order valence-corrected chi connectivity index (χ4v) is 4.94. The lowest BCUT2D eigenvalue weighted by Crippen LogP contribution is -2.56. The van der Waals surface area contributed by atoms with Crippen molar-refractivity contribution in [2.45, 2.75) is 63.9 Å². The number of carbonyl (C=O) groups is 1. The van der Waals surface area contributed by atoms with Crippen molar-refractivity contribution in [1.82, 2.24) is 0 Å². The number of esters is 1. The molecule has 6 atom stereocenters. The summed E-state index contributed by atoms with van der Waals surface area (Å²) in [4.78, 5) is 11.8. The van der Waals surface area contributed by atoms with E-state index in [1.54, 1.807) is 7.11 Å². The van der Waals surface area contributed by atoms with Crippen LogP contribution < -0.4 is 0 Å². The number of fused-ring (bicyclic) bond motifs is 1. The van der Waals surface area contributed by atoms with E-state index in [1.807, 2.05) is 6.92 Å². The van der Waals surface area contributed by atoms with E-state index in [9.17, 15) is 4.79 Å². The molecule has 0 radical (unpaired) electrons. The summed E-state index contributed by atoms with van der Waals surface area (Å²) in [5.74, 6) is 0.278. The topological polar surface area (TPSA) is 48.1 Å². The van der Waals surface area contributed by atoms with Crippen LogP contribution >= 0.6 is 0 Å². The van der Waals surface area contributed by atoms with Gasteiger partial charge in [-0.15, -0.1) is 0 Å². The van der Waals surface area contributed by atoms with Crippen LogP contribution in [0.3, 0.4) is 0 Å². The Hall–Kier alpha value is -0.870. The molecule has 2 aliphatic carbocycles. The molecule has 2 heterocycles. The van der Waals surface area contributed by atoms with Gasteiger partial charge in [0.25, 0.3) is 0 Å². The molecule has 3 fully saturated rings. The molecule has 0 bridgehead atoms. The minimum atomic E-state index is -0.142. The maximum Gasteiger partial charge on any atom is 0.334 e. The molecular formula is C16H22O4. The van der Waals surface area contributed by atoms with E-state index < -0.39 is 0 Å². The lowest BCUT2D eigenvalue weighted by atomic mass is 9.53. The molecule has 1 spiro atoms. The Morgan fingerprint density at radius 2 is 2.15 bits per heavy atom. The van der Waals surface area contributed by atoms with Crippen LogP contribution in [0.4, 0.5) is 0 Å². The smallest absolute Gasteiger partial charge is 0.334 e. The monoisotopic (exact) mass is 278 g/mol. The molecular weight excluding hydrogens is 256 g/mol. The van der Waals surface area contributed by atoms with Gasteiger partial charge in [0.1, 0.15) is 11.7 Å². The van der Waals surface area contributed by atoms with E-state index in [2.05, 4.69) is 13.8 Å². The van der Waals surface area contributed by atoms with Crippen molar-refractivity contribution in [2.75, 3.05) is 7.11 Å². The van der Waals surface area contributed by atoms with Gasteiger partial charge >= 0.3 is 5.97 Å². The maximum absolute atomic E-state index is 11.8. The van der Waals surface area contributed by atoms with Crippen LogP contribution in [0, 0.1) is 11.3 Å². The average Bonchev–Trinajstić information content (AvgIpc) is 3.05. The van der Waals surface area contributed by atoms with Gasteiger partial charge in [0.05, 0.1) is 12.2 Å². The summed E-state index contributed by atoms with van der Waals surface area (Å²) >= 11 is 0. The van der Waals surface area contributed by atoms with Crippen LogP contribution in [-0.2, 0) is 19.0 Å². The summed E-state index contributed by atoms with van der Waals surface area (Å²) < 4.78 is 17.4. The van der Waals surface area contributed by atoms with Crippen LogP contribution in [0.2, 0.25) is 0 Å². The molecule has 4 aliphatic rings. The van der Waals surface area contributed by atoms with E-state index >= 15 is 0 Å². The highest BCUT2D eigenvalue weighted by Gasteiger charge is 2.75. The number of methoxy groups -OCH3 is 1. The largest absolute Gasteiger partial charge is 0.454 e. The van der Waals surface area contributed by atoms with Crippen molar-refractivity contribution in [3.63, 3.8) is 0 Å². The van der Waals surface area contributed by atoms with Gasteiger partial charge in [-0.3, -0.25) is 0 Å². The van der Waals surface area contributed by atoms with Crippen LogP contribution in [0.5, 0.6) is 0 Å². The van der Waals surface area contributed by atoms with Crippen LogP contribution in [0.25, 0.3) is 0 Å². The first-order valence-electron chi connectivity index (χ1n) is 7.54. The normalized spacial score (nSPS) is 53.1. The fourth-order valence-electron chi connectivity index (χ4n) is 4.94. The highest BCUT2D eigenvalue weighted by molar-refractivity contribution is 5.91. The molecule has 0 aromatic heterocycles. The average molecular weight is 278 g/mol. The summed E-state index contributed by atoms with van der Waals surface area (Å²) in [6, 6.07) is 0. The Balaban J connectivity index is 1.76. The van der Waals surface area contributed by atoms with Crippen molar-refractivity contribution >= 4 is 5.97 Å². The summed E-state index contributed by atoms with van der Waals surface area (Å²) in [5.41, 5.74) is 1.95. The Labute approximate surface area is 119 Å². The SMILES string of the molecule is COC1CC2OC23CC2OC(=O)C(C)=C2CC3(C)C1C. The van der Waals surface area contributed by atoms with Gasteiger partial charge in [-0.2, -0.15) is 0 Å². The van der Waals surface area contributed by atoms with Gasteiger partial charge in [0.2, 0.25) is 0 Å². The second-order valence-electron chi connectivity index (χ2n) is 7.14. The second kappa shape index (κ2) is 3.66. The highest BCUT2D eigenvalue weighted by atomic mass is 16.6. The van der Waals surface area contributed by atoms with Crippen LogP contribution in [-0.4, -0.2) is 37.0 Å². The molecule has 110 valence electrons. The van der Waals surface area contributed by atoms with Crippen molar-refractivity contribution in [3.05, 3.63) is 11.1 Å². The summed E-state index contributed by atoms with van der Waals surface area (Å²) in [6.07, 6.45) is 3.16. The second-order valence-corrected chi connectivity index (χ2v) is 7.14. The molecule has 0 N–H and O–H groups in total. The fraction of sp³-hybridized carbons (Fsp3) is 0.812. The molecule has 4 rings (SSSR count). The van der Waals surface area contributed by atoms with E-state index in [1.165, 1.54) is 5.57 Å². The highest BCUT2D eigenvalue weighted by Crippen LogP contribution is 2.68. The first-order chi connectivity index (χ1) is 9.43. The van der Waals surface area contributed by atoms with Crippen molar-refractivity contribution in [3.8, 4) is 0 Å². The number of epoxide rings is 1. The molecule has 4 heteroatoms. The zero-order chi connectivity index (χ0) is 14.3. The van der Waals surface area contributed by atoms with Crippen LogP contribution in [0.1, 0.15) is 40.0 Å². The molecule has 1 saturated heterocycles. The molecule has 0 amide bonds. The molecule has 6 unspecified atom stereocenters. The Bertz CT molecular complexity index is 525. The zero-order valence-corrected chi connectivity index (χ0v) is 12.6. The standard InChI is InChI=1S/C16H22O4/c1-8-10-6-15(3)9(2)11(18-4)5-13-16(15,20-13)7-12(10)19-14(8)17/h9,11-13H,5-7H2,1-4H3. The first kappa shape index (κ1) is 12.8. The molecule has 0 aromatic rings. The van der Waals surface area contributed by atoms with Crippen molar-refractivity contribution < 1.29 is 19.0 Å². The molecule has 0 aromatic carbocycles. The maximum atomic E-state index is 11.8. The van der Waals surface area contributed by atoms with E-state index in [0.29, 0.717) is 5.92 Å². The Morgan fingerprint density at radius 1 is 1.40 bits per heavy atom. The van der Waals surface area contributed by atoms with E-state index in [0.717, 1.165) is 24.8 Å². The quantitative estimate of drug-likeness (QED) is 0.545. The summed E-state index contributed by atoms with van der Waals surface area (Å²) in [5, 5.41) is 0. The van der Waals surface area contributed by atoms with Crippen molar-refractivity contribution in [2.24, 2.45) is 11.3 Å². The molecule has 2 saturated carbocycles. The minimum Gasteiger partial charge on any atom is -0.454 e. The Morgan fingerprint density at radius 3 is 2.85 bits per heavy atom. The predicted octanol–water partition coefficient (Wildman–Crippen LogP) is 2.22. The first-order valence-corrected chi connectivity index (χ1v) is 7.54. The van der Waals surface area contributed by atoms with Gasteiger partial charge < -0.3 is 14.2 Å². The third-order valence-corrected chi connectivity index (χ3v) is 6.57. The molecule has 2 aliphatic heterocycles. The zero-order valence-electron chi connectivity index (χ0n) is 12.6. The van der Waals surface area contributed by atoms with Crippen LogP contribution in [0.15, 0.2) is 11.1 Å². The predicted molar refractivity (Wildman–Crippen MR) is 72.1 cm³/mol. The van der Waals surface area contributed by atoms with E-state index in [-0.39, 0.29) is 35.3 Å². The third kappa shape index (κ3) is 1.27. The third-order valence-electron chi connectivity index (χ3n) is 6.57. The molecule has 20 heavy (non-hydrogen) atoms. The molecule has 4 nitrogen and oxygen atoms in total. The summed E-state index contributed by atoms with van der Waals surface area (Å²) in [7, 11) is 1.79. The number of hydrogen-bond donors (Lipinski definition) is 0. The lowest BCUT2D eigenvalue weighted by molar-refractivity contribution is -0.143. The van der Waals surface area contributed by atoms with Crippen molar-refractivity contribution in [1.29, 1.82) is 0 Å². The van der Waals surface area contributed by atoms with Gasteiger partial charge in [-0.05, 0) is 24.8 Å². The van der Waals surface area contributed by atoms with Gasteiger partial charge in [0.15, 0.2) is 0 Å². The number of hydrogen-bond acceptors (Lipinski definition) is 4. The van der Waals surface area contributed by atoms with Gasteiger partial charge in [0, 0.05) is 30.9 Å². The lowest BCUT2D eigenvalue weighted by Gasteiger charge is -2.51. The van der Waals surface area contributed by atoms with Gasteiger partial charge in [-0.1, -0.05) is 13.8 Å². The van der Waals surface area contributed by atoms with Gasteiger partial charge in [-0.25, -0.2) is 4.79 Å². The number of ether oxygens (including phenoxy) is 3. The number of carbonyl (C=O) groups excluding carboxylic acids is 1.